The molecule has 0 aliphatic heterocycles. The number of aliphatic hydroxyl groups excluding tert-OH is 1. The van der Waals surface area contributed by atoms with Gasteiger partial charge in [-0.05, 0) is 38.5 Å². The van der Waals surface area contributed by atoms with Gasteiger partial charge < -0.3 is 10.4 Å². The number of hydrogen-bond acceptors (Lipinski definition) is 6. The van der Waals surface area contributed by atoms with Gasteiger partial charge in [0.2, 0.25) is 0 Å². The molecule has 0 aromatic carbocycles. The molecule has 7 nitrogen and oxygen atoms in total. The average Bonchev–Trinajstić information content (AvgIpc) is 3.12. The highest BCUT2D eigenvalue weighted by Gasteiger charge is 2.42. The minimum absolute atomic E-state index is 0.0737. The molecule has 4 rings (SSSR count). The Morgan fingerprint density at radius 3 is 2.76 bits per heavy atom. The Morgan fingerprint density at radius 1 is 1.20 bits per heavy atom. The first kappa shape index (κ1) is 15.7. The fourth-order valence-electron chi connectivity index (χ4n) is 3.14. The van der Waals surface area contributed by atoms with E-state index in [1.807, 2.05) is 38.2 Å². The van der Waals surface area contributed by atoms with Crippen LogP contribution in [-0.2, 0) is 0 Å². The van der Waals surface area contributed by atoms with Crippen molar-refractivity contribution in [2.75, 3.05) is 5.32 Å². The zero-order chi connectivity index (χ0) is 17.4. The van der Waals surface area contributed by atoms with Crippen LogP contribution in [0.1, 0.15) is 23.7 Å². The van der Waals surface area contributed by atoms with Crippen LogP contribution >= 0.6 is 0 Å². The second-order valence-corrected chi connectivity index (χ2v) is 6.38. The molecular weight excluding hydrogens is 316 g/mol. The van der Waals surface area contributed by atoms with Gasteiger partial charge in [-0.15, -0.1) is 0 Å². The Bertz CT molecular complexity index is 865. The lowest BCUT2D eigenvalue weighted by Crippen LogP contribution is -2.51. The molecule has 3 atom stereocenters. The molecule has 3 aromatic rings. The van der Waals surface area contributed by atoms with Crippen molar-refractivity contribution < 1.29 is 5.11 Å². The topological polar surface area (TPSA) is 88.8 Å². The summed E-state index contributed by atoms with van der Waals surface area (Å²) in [4.78, 5) is 13.4. The molecule has 128 valence electrons. The van der Waals surface area contributed by atoms with E-state index < -0.39 is 6.10 Å². The van der Waals surface area contributed by atoms with Crippen LogP contribution in [0.25, 0.3) is 11.4 Å². The molecule has 0 spiro atoms. The van der Waals surface area contributed by atoms with Crippen molar-refractivity contribution >= 4 is 5.82 Å². The molecular formula is C18H20N6O. The van der Waals surface area contributed by atoms with E-state index in [-0.39, 0.29) is 12.1 Å². The van der Waals surface area contributed by atoms with Gasteiger partial charge in [0.25, 0.3) is 0 Å². The maximum atomic E-state index is 10.1. The van der Waals surface area contributed by atoms with Gasteiger partial charge >= 0.3 is 0 Å². The van der Waals surface area contributed by atoms with Crippen LogP contribution in [0.15, 0.2) is 43.0 Å². The summed E-state index contributed by atoms with van der Waals surface area (Å²) in [6.45, 7) is 3.98. The number of nitrogens with one attached hydrogen (secondary N) is 1. The first-order valence-electron chi connectivity index (χ1n) is 8.33. The molecule has 3 aromatic heterocycles. The van der Waals surface area contributed by atoms with E-state index in [0.717, 1.165) is 22.6 Å². The Balaban J connectivity index is 1.63. The highest BCUT2D eigenvalue weighted by atomic mass is 16.3. The lowest BCUT2D eigenvalue weighted by Gasteiger charge is -2.42. The molecule has 2 N–H and O–H groups in total. The van der Waals surface area contributed by atoms with Crippen molar-refractivity contribution in [1.82, 2.24) is 24.7 Å². The van der Waals surface area contributed by atoms with Crippen molar-refractivity contribution in [3.05, 3.63) is 54.2 Å². The maximum Gasteiger partial charge on any atom is 0.163 e. The fraction of sp³-hybridized carbons (Fsp3) is 0.333. The Kier molecular flexibility index (Phi) is 3.93. The van der Waals surface area contributed by atoms with E-state index in [1.54, 1.807) is 23.3 Å². The largest absolute Gasteiger partial charge is 0.391 e. The second kappa shape index (κ2) is 6.25. The minimum atomic E-state index is -0.404. The number of aromatic nitrogens is 5. The molecule has 0 bridgehead atoms. The Hall–Kier alpha value is -2.80. The predicted octanol–water partition coefficient (Wildman–Crippen LogP) is 2.14. The molecule has 0 unspecified atom stereocenters. The summed E-state index contributed by atoms with van der Waals surface area (Å²) in [5.41, 5.74) is 2.81. The number of aliphatic hydroxyl groups is 1. The number of aryl methyl sites for hydroxylation is 1. The van der Waals surface area contributed by atoms with Crippen molar-refractivity contribution in [2.24, 2.45) is 0 Å². The highest BCUT2D eigenvalue weighted by molar-refractivity contribution is 5.59. The maximum absolute atomic E-state index is 10.1. The lowest BCUT2D eigenvalue weighted by molar-refractivity contribution is 0.0133. The molecule has 7 heteroatoms. The molecule has 3 heterocycles. The van der Waals surface area contributed by atoms with E-state index >= 15 is 0 Å². The van der Waals surface area contributed by atoms with E-state index in [2.05, 4.69) is 20.4 Å². The fourth-order valence-corrected chi connectivity index (χ4v) is 3.14. The molecule has 1 fully saturated rings. The summed E-state index contributed by atoms with van der Waals surface area (Å²) >= 11 is 0. The van der Waals surface area contributed by atoms with Crippen LogP contribution in [0.2, 0.25) is 0 Å². The summed E-state index contributed by atoms with van der Waals surface area (Å²) in [6.07, 6.45) is 7.35. The van der Waals surface area contributed by atoms with Crippen molar-refractivity contribution in [3.63, 3.8) is 0 Å². The molecule has 1 aliphatic rings. The summed E-state index contributed by atoms with van der Waals surface area (Å²) in [6, 6.07) is 5.66. The number of pyridine rings is 1. The van der Waals surface area contributed by atoms with E-state index in [0.29, 0.717) is 12.2 Å². The van der Waals surface area contributed by atoms with Gasteiger partial charge in [-0.1, -0.05) is 0 Å². The summed E-state index contributed by atoms with van der Waals surface area (Å²) in [5.74, 6) is 1.44. The third-order valence-corrected chi connectivity index (χ3v) is 4.76. The minimum Gasteiger partial charge on any atom is -0.391 e. The standard InChI is InChI=1S/C18H20N6O/c1-11-12(2)21-18(13-5-3-6-19-10-13)23-17(11)22-14-9-15(25)16(14)24-8-4-7-20-24/h3-8,10,14-16,25H,9H2,1-2H3,(H,21,22,23)/t14-,15+,16+/m0/s1. The van der Waals surface area contributed by atoms with Gasteiger partial charge in [-0.3, -0.25) is 9.67 Å². The predicted molar refractivity (Wildman–Crippen MR) is 94.0 cm³/mol. The number of nitrogens with zero attached hydrogens (tertiary/aromatic N) is 5. The van der Waals surface area contributed by atoms with Crippen molar-refractivity contribution in [2.45, 2.75) is 38.5 Å². The zero-order valence-corrected chi connectivity index (χ0v) is 14.2. The molecule has 0 amide bonds. The van der Waals surface area contributed by atoms with Crippen molar-refractivity contribution in [3.8, 4) is 11.4 Å². The lowest BCUT2D eigenvalue weighted by atomic mass is 9.83. The third-order valence-electron chi connectivity index (χ3n) is 4.76. The van der Waals surface area contributed by atoms with Gasteiger partial charge in [0.1, 0.15) is 5.82 Å². The Labute approximate surface area is 145 Å². The van der Waals surface area contributed by atoms with Crippen LogP contribution < -0.4 is 5.32 Å². The first-order valence-corrected chi connectivity index (χ1v) is 8.33. The van der Waals surface area contributed by atoms with Gasteiger partial charge in [0.05, 0.1) is 18.2 Å². The third kappa shape index (κ3) is 2.87. The van der Waals surface area contributed by atoms with Crippen LogP contribution in [0.4, 0.5) is 5.82 Å². The summed E-state index contributed by atoms with van der Waals surface area (Å²) in [7, 11) is 0. The number of rotatable bonds is 4. The van der Waals surface area contributed by atoms with E-state index in [1.165, 1.54) is 0 Å². The molecule has 0 saturated heterocycles. The Morgan fingerprint density at radius 2 is 2.08 bits per heavy atom. The summed E-state index contributed by atoms with van der Waals surface area (Å²) in [5, 5.41) is 17.9. The normalized spacial score (nSPS) is 22.4. The second-order valence-electron chi connectivity index (χ2n) is 6.38. The smallest absolute Gasteiger partial charge is 0.163 e. The monoisotopic (exact) mass is 336 g/mol. The van der Waals surface area contributed by atoms with Gasteiger partial charge in [0, 0.05) is 41.6 Å². The highest BCUT2D eigenvalue weighted by Crippen LogP contribution is 2.35. The number of hydrogen-bond donors (Lipinski definition) is 2. The zero-order valence-electron chi connectivity index (χ0n) is 14.2. The SMILES string of the molecule is Cc1nc(-c2cccnc2)nc(N[C@H]2C[C@@H](O)[C@@H]2n2cccn2)c1C. The molecule has 1 saturated carbocycles. The molecule has 0 radical (unpaired) electrons. The molecule has 25 heavy (non-hydrogen) atoms. The first-order chi connectivity index (χ1) is 12.1. The molecule has 1 aliphatic carbocycles. The van der Waals surface area contributed by atoms with E-state index in [9.17, 15) is 5.11 Å². The number of anilines is 1. The van der Waals surface area contributed by atoms with Gasteiger partial charge in [-0.25, -0.2) is 9.97 Å². The summed E-state index contributed by atoms with van der Waals surface area (Å²) < 4.78 is 1.80. The van der Waals surface area contributed by atoms with Crippen LogP contribution in [-0.4, -0.2) is 42.0 Å². The quantitative estimate of drug-likeness (QED) is 0.759. The van der Waals surface area contributed by atoms with Crippen molar-refractivity contribution in [1.29, 1.82) is 0 Å². The van der Waals surface area contributed by atoms with Gasteiger partial charge in [-0.2, -0.15) is 5.10 Å². The van der Waals surface area contributed by atoms with Crippen LogP contribution in [0.3, 0.4) is 0 Å². The van der Waals surface area contributed by atoms with Crippen LogP contribution in [0, 0.1) is 13.8 Å². The average molecular weight is 336 g/mol. The van der Waals surface area contributed by atoms with Crippen LogP contribution in [0.5, 0.6) is 0 Å². The van der Waals surface area contributed by atoms with E-state index in [4.69, 9.17) is 4.98 Å². The van der Waals surface area contributed by atoms with Gasteiger partial charge in [0.15, 0.2) is 5.82 Å².